The molecule has 0 spiro atoms. The van der Waals surface area contributed by atoms with E-state index >= 15 is 0 Å². The van der Waals surface area contributed by atoms with E-state index in [-0.39, 0.29) is 0 Å². The smallest absolute Gasteiger partial charge is 0.0594 e. The summed E-state index contributed by atoms with van der Waals surface area (Å²) in [5.41, 5.74) is 0. The van der Waals surface area contributed by atoms with Crippen LogP contribution in [-0.2, 0) is 4.74 Å². The van der Waals surface area contributed by atoms with E-state index in [1.165, 1.54) is 6.54 Å². The van der Waals surface area contributed by atoms with Crippen LogP contribution in [-0.4, -0.2) is 37.7 Å². The van der Waals surface area contributed by atoms with E-state index in [4.69, 9.17) is 4.74 Å². The first kappa shape index (κ1) is 8.02. The first-order valence-corrected chi connectivity index (χ1v) is 4.09. The van der Waals surface area contributed by atoms with Gasteiger partial charge in [0.25, 0.3) is 0 Å². The second kappa shape index (κ2) is 3.94. The monoisotopic (exact) mass is 143 g/mol. The second-order valence-corrected chi connectivity index (χ2v) is 3.31. The maximum absolute atomic E-state index is 5.24. The van der Waals surface area contributed by atoms with Gasteiger partial charge in [0.15, 0.2) is 0 Å². The fourth-order valence-corrected chi connectivity index (χ4v) is 1.30. The summed E-state index contributed by atoms with van der Waals surface area (Å²) >= 11 is 0. The standard InChI is InChI=1S/C8H17NO/c1-8(2)7-9-3-5-10-6-4-9/h8H,3-7H2,1-2H3. The average Bonchev–Trinajstić information content (AvgIpc) is 1.88. The molecule has 1 saturated heterocycles. The lowest BCUT2D eigenvalue weighted by atomic mass is 10.2. The number of hydrogen-bond donors (Lipinski definition) is 0. The van der Waals surface area contributed by atoms with Gasteiger partial charge < -0.3 is 4.74 Å². The molecule has 0 radical (unpaired) electrons. The number of rotatable bonds is 2. The van der Waals surface area contributed by atoms with Crippen molar-refractivity contribution in [2.24, 2.45) is 5.92 Å². The minimum absolute atomic E-state index is 0.790. The maximum atomic E-state index is 5.24. The molecule has 0 bridgehead atoms. The van der Waals surface area contributed by atoms with Crippen molar-refractivity contribution in [3.05, 3.63) is 0 Å². The van der Waals surface area contributed by atoms with Gasteiger partial charge in [0.1, 0.15) is 0 Å². The zero-order chi connectivity index (χ0) is 7.40. The second-order valence-electron chi connectivity index (χ2n) is 3.31. The van der Waals surface area contributed by atoms with Crippen LogP contribution in [0.4, 0.5) is 0 Å². The lowest BCUT2D eigenvalue weighted by Crippen LogP contribution is -2.38. The van der Waals surface area contributed by atoms with Crippen LogP contribution in [0.2, 0.25) is 0 Å². The highest BCUT2D eigenvalue weighted by molar-refractivity contribution is 4.62. The van der Waals surface area contributed by atoms with Gasteiger partial charge in [-0.05, 0) is 5.92 Å². The zero-order valence-electron chi connectivity index (χ0n) is 6.97. The van der Waals surface area contributed by atoms with Gasteiger partial charge in [0.05, 0.1) is 13.2 Å². The lowest BCUT2D eigenvalue weighted by Gasteiger charge is -2.27. The van der Waals surface area contributed by atoms with Crippen molar-refractivity contribution in [2.45, 2.75) is 13.8 Å². The summed E-state index contributed by atoms with van der Waals surface area (Å²) in [5, 5.41) is 0. The van der Waals surface area contributed by atoms with Gasteiger partial charge in [-0.3, -0.25) is 4.90 Å². The Morgan fingerprint density at radius 3 is 2.40 bits per heavy atom. The van der Waals surface area contributed by atoms with Gasteiger partial charge in [-0.15, -0.1) is 0 Å². The molecule has 0 aliphatic carbocycles. The van der Waals surface area contributed by atoms with E-state index in [1.807, 2.05) is 0 Å². The molecule has 1 aliphatic heterocycles. The van der Waals surface area contributed by atoms with Crippen molar-refractivity contribution < 1.29 is 4.74 Å². The molecule has 1 heterocycles. The summed E-state index contributed by atoms with van der Waals surface area (Å²) in [6, 6.07) is 0. The Labute approximate surface area is 63.2 Å². The van der Waals surface area contributed by atoms with Gasteiger partial charge >= 0.3 is 0 Å². The fourth-order valence-electron chi connectivity index (χ4n) is 1.30. The van der Waals surface area contributed by atoms with Gasteiger partial charge in [-0.2, -0.15) is 0 Å². The van der Waals surface area contributed by atoms with Crippen molar-refractivity contribution in [3.8, 4) is 0 Å². The Hall–Kier alpha value is -0.0800. The van der Waals surface area contributed by atoms with Crippen LogP contribution in [0.3, 0.4) is 0 Å². The van der Waals surface area contributed by atoms with Crippen LogP contribution in [0.1, 0.15) is 13.8 Å². The van der Waals surface area contributed by atoms with E-state index in [9.17, 15) is 0 Å². The van der Waals surface area contributed by atoms with E-state index < -0.39 is 0 Å². The van der Waals surface area contributed by atoms with Crippen molar-refractivity contribution in [1.29, 1.82) is 0 Å². The van der Waals surface area contributed by atoms with Crippen molar-refractivity contribution in [3.63, 3.8) is 0 Å². The van der Waals surface area contributed by atoms with Crippen LogP contribution in [0, 0.1) is 5.92 Å². The quantitative estimate of drug-likeness (QED) is 0.571. The molecular formula is C8H17NO. The van der Waals surface area contributed by atoms with Crippen LogP contribution in [0.25, 0.3) is 0 Å². The maximum Gasteiger partial charge on any atom is 0.0594 e. The highest BCUT2D eigenvalue weighted by Gasteiger charge is 2.10. The van der Waals surface area contributed by atoms with E-state index in [0.717, 1.165) is 32.2 Å². The molecule has 0 atom stereocenters. The van der Waals surface area contributed by atoms with Crippen LogP contribution in [0.15, 0.2) is 0 Å². The summed E-state index contributed by atoms with van der Waals surface area (Å²) < 4.78 is 5.24. The predicted molar refractivity (Wildman–Crippen MR) is 42.1 cm³/mol. The molecule has 0 aromatic heterocycles. The molecular weight excluding hydrogens is 126 g/mol. The highest BCUT2D eigenvalue weighted by Crippen LogP contribution is 2.01. The van der Waals surface area contributed by atoms with E-state index in [1.54, 1.807) is 0 Å². The van der Waals surface area contributed by atoms with Crippen molar-refractivity contribution >= 4 is 0 Å². The Bertz CT molecular complexity index is 87.3. The molecule has 1 fully saturated rings. The summed E-state index contributed by atoms with van der Waals surface area (Å²) in [5.74, 6) is 0.790. The molecule has 1 aliphatic rings. The van der Waals surface area contributed by atoms with Crippen molar-refractivity contribution in [2.75, 3.05) is 32.8 Å². The minimum atomic E-state index is 0.790. The molecule has 1 rings (SSSR count). The molecule has 2 nitrogen and oxygen atoms in total. The summed E-state index contributed by atoms with van der Waals surface area (Å²) in [6.07, 6.45) is 0. The van der Waals surface area contributed by atoms with E-state index in [0.29, 0.717) is 0 Å². The highest BCUT2D eigenvalue weighted by atomic mass is 16.5. The van der Waals surface area contributed by atoms with Crippen LogP contribution >= 0.6 is 0 Å². The largest absolute Gasteiger partial charge is 0.379 e. The Morgan fingerprint density at radius 2 is 1.90 bits per heavy atom. The number of morpholine rings is 1. The zero-order valence-corrected chi connectivity index (χ0v) is 6.97. The first-order valence-electron chi connectivity index (χ1n) is 4.09. The average molecular weight is 143 g/mol. The minimum Gasteiger partial charge on any atom is -0.379 e. The Kier molecular flexibility index (Phi) is 3.16. The van der Waals surface area contributed by atoms with Crippen LogP contribution < -0.4 is 0 Å². The molecule has 0 aromatic rings. The summed E-state index contributed by atoms with van der Waals surface area (Å²) in [6.45, 7) is 9.84. The SMILES string of the molecule is CC(C)CN1CCOCC1. The third-order valence-electron chi connectivity index (χ3n) is 1.73. The molecule has 0 saturated carbocycles. The number of ether oxygens (including phenoxy) is 1. The summed E-state index contributed by atoms with van der Waals surface area (Å²) in [7, 11) is 0. The van der Waals surface area contributed by atoms with Gasteiger partial charge in [-0.25, -0.2) is 0 Å². The van der Waals surface area contributed by atoms with Gasteiger partial charge in [0.2, 0.25) is 0 Å². The molecule has 10 heavy (non-hydrogen) atoms. The Morgan fingerprint density at radius 1 is 1.30 bits per heavy atom. The topological polar surface area (TPSA) is 12.5 Å². The molecule has 2 heteroatoms. The fraction of sp³-hybridized carbons (Fsp3) is 1.00. The third kappa shape index (κ3) is 2.67. The molecule has 0 unspecified atom stereocenters. The Balaban J connectivity index is 2.13. The molecule has 0 N–H and O–H groups in total. The third-order valence-corrected chi connectivity index (χ3v) is 1.73. The number of hydrogen-bond acceptors (Lipinski definition) is 2. The molecule has 0 aromatic carbocycles. The first-order chi connectivity index (χ1) is 4.79. The predicted octanol–water partition coefficient (Wildman–Crippen LogP) is 0.975. The van der Waals surface area contributed by atoms with Gasteiger partial charge in [-0.1, -0.05) is 13.8 Å². The van der Waals surface area contributed by atoms with Crippen LogP contribution in [0.5, 0.6) is 0 Å². The summed E-state index contributed by atoms with van der Waals surface area (Å²) in [4.78, 5) is 2.47. The number of nitrogens with zero attached hydrogens (tertiary/aromatic N) is 1. The normalized spacial score (nSPS) is 21.9. The molecule has 60 valence electrons. The van der Waals surface area contributed by atoms with E-state index in [2.05, 4.69) is 18.7 Å². The lowest BCUT2D eigenvalue weighted by molar-refractivity contribution is 0.0329. The van der Waals surface area contributed by atoms with Gasteiger partial charge in [0, 0.05) is 19.6 Å². The molecule has 0 amide bonds. The van der Waals surface area contributed by atoms with Crippen molar-refractivity contribution in [1.82, 2.24) is 4.90 Å².